The van der Waals surface area contributed by atoms with Gasteiger partial charge in [0.05, 0.1) is 5.69 Å². The van der Waals surface area contributed by atoms with E-state index in [1.807, 2.05) is 18.2 Å². The SMILES string of the molecule is Bc1ccc2ccc3c(c2c1)OC(c1ccccc1)N3. The van der Waals surface area contributed by atoms with Crippen molar-refractivity contribution in [2.45, 2.75) is 6.23 Å². The first-order chi connectivity index (χ1) is 9.81. The van der Waals surface area contributed by atoms with Gasteiger partial charge in [0, 0.05) is 10.9 Å². The van der Waals surface area contributed by atoms with Gasteiger partial charge < -0.3 is 10.1 Å². The summed E-state index contributed by atoms with van der Waals surface area (Å²) in [5.74, 6) is 0.958. The van der Waals surface area contributed by atoms with Crippen LogP contribution in [-0.4, -0.2) is 7.85 Å². The fraction of sp³-hybridized carbons (Fsp3) is 0.0588. The van der Waals surface area contributed by atoms with Crippen LogP contribution < -0.4 is 15.5 Å². The van der Waals surface area contributed by atoms with E-state index in [4.69, 9.17) is 4.74 Å². The zero-order chi connectivity index (χ0) is 13.5. The highest BCUT2D eigenvalue weighted by atomic mass is 16.5. The molecule has 96 valence electrons. The topological polar surface area (TPSA) is 21.3 Å². The highest BCUT2D eigenvalue weighted by molar-refractivity contribution is 6.33. The van der Waals surface area contributed by atoms with Gasteiger partial charge in [-0.25, -0.2) is 0 Å². The first-order valence-electron chi connectivity index (χ1n) is 6.83. The van der Waals surface area contributed by atoms with Gasteiger partial charge in [0.25, 0.3) is 0 Å². The summed E-state index contributed by atoms with van der Waals surface area (Å²) in [5, 5.41) is 5.83. The first kappa shape index (κ1) is 11.4. The van der Waals surface area contributed by atoms with E-state index < -0.39 is 0 Å². The van der Waals surface area contributed by atoms with E-state index >= 15 is 0 Å². The van der Waals surface area contributed by atoms with Crippen molar-refractivity contribution < 1.29 is 4.74 Å². The molecule has 20 heavy (non-hydrogen) atoms. The lowest BCUT2D eigenvalue weighted by atomic mass is 9.93. The molecule has 1 unspecified atom stereocenters. The van der Waals surface area contributed by atoms with Crippen LogP contribution in [-0.2, 0) is 0 Å². The standard InChI is InChI=1S/C17H14BNO/c18-13-8-6-11-7-9-15-16(14(11)10-13)20-17(19-15)12-4-2-1-3-5-12/h1-10,17,19H,18H2. The fourth-order valence-electron chi connectivity index (χ4n) is 2.71. The molecule has 3 heteroatoms. The minimum absolute atomic E-state index is 0.0997. The Kier molecular flexibility index (Phi) is 2.46. The van der Waals surface area contributed by atoms with Gasteiger partial charge in [-0.05, 0) is 11.5 Å². The number of hydrogen-bond acceptors (Lipinski definition) is 2. The molecule has 0 saturated carbocycles. The second-order valence-electron chi connectivity index (χ2n) is 5.22. The highest BCUT2D eigenvalue weighted by Gasteiger charge is 2.24. The number of ether oxygens (including phenoxy) is 1. The molecule has 0 saturated heterocycles. The second-order valence-corrected chi connectivity index (χ2v) is 5.22. The fourth-order valence-corrected chi connectivity index (χ4v) is 2.71. The summed E-state index contributed by atoms with van der Waals surface area (Å²) in [5.41, 5.74) is 3.46. The van der Waals surface area contributed by atoms with E-state index in [9.17, 15) is 0 Å². The first-order valence-corrected chi connectivity index (χ1v) is 6.83. The van der Waals surface area contributed by atoms with Crippen LogP contribution in [0.2, 0.25) is 0 Å². The van der Waals surface area contributed by atoms with E-state index in [-0.39, 0.29) is 6.23 Å². The molecule has 1 N–H and O–H groups in total. The van der Waals surface area contributed by atoms with Crippen LogP contribution in [0.4, 0.5) is 5.69 Å². The molecular weight excluding hydrogens is 245 g/mol. The van der Waals surface area contributed by atoms with Crippen LogP contribution in [0.25, 0.3) is 10.8 Å². The van der Waals surface area contributed by atoms with E-state index in [2.05, 4.69) is 55.6 Å². The lowest BCUT2D eigenvalue weighted by Gasteiger charge is -2.11. The molecular formula is C17H14BNO. The van der Waals surface area contributed by atoms with Crippen molar-refractivity contribution >= 4 is 29.8 Å². The number of fused-ring (bicyclic) bond motifs is 3. The largest absolute Gasteiger partial charge is 0.464 e. The van der Waals surface area contributed by atoms with E-state index in [0.717, 1.165) is 17.0 Å². The molecule has 1 aliphatic heterocycles. The number of anilines is 1. The molecule has 3 aromatic rings. The van der Waals surface area contributed by atoms with Crippen LogP contribution in [0.15, 0.2) is 60.7 Å². The molecule has 0 amide bonds. The minimum Gasteiger partial charge on any atom is -0.464 e. The Balaban J connectivity index is 1.81. The predicted octanol–water partition coefficient (Wildman–Crippen LogP) is 2.60. The monoisotopic (exact) mass is 259 g/mol. The van der Waals surface area contributed by atoms with Gasteiger partial charge in [-0.1, -0.05) is 60.1 Å². The van der Waals surface area contributed by atoms with Gasteiger partial charge in [-0.15, -0.1) is 0 Å². The maximum absolute atomic E-state index is 6.15. The molecule has 1 heterocycles. The number of benzene rings is 3. The van der Waals surface area contributed by atoms with E-state index in [0.29, 0.717) is 0 Å². The van der Waals surface area contributed by atoms with Gasteiger partial charge in [0.2, 0.25) is 0 Å². The van der Waals surface area contributed by atoms with Crippen LogP contribution in [0, 0.1) is 0 Å². The van der Waals surface area contributed by atoms with E-state index in [1.54, 1.807) is 0 Å². The summed E-state index contributed by atoms with van der Waals surface area (Å²) in [6.07, 6.45) is -0.0997. The number of hydrogen-bond donors (Lipinski definition) is 1. The molecule has 4 rings (SSSR count). The minimum atomic E-state index is -0.0997. The summed E-state index contributed by atoms with van der Waals surface area (Å²) >= 11 is 0. The predicted molar refractivity (Wildman–Crippen MR) is 85.6 cm³/mol. The molecule has 1 atom stereocenters. The third kappa shape index (κ3) is 1.75. The van der Waals surface area contributed by atoms with Crippen molar-refractivity contribution in [3.8, 4) is 5.75 Å². The molecule has 0 aromatic heterocycles. The second kappa shape index (κ2) is 4.31. The molecule has 0 aliphatic carbocycles. The third-order valence-corrected chi connectivity index (χ3v) is 3.75. The Morgan fingerprint density at radius 1 is 0.950 bits per heavy atom. The molecule has 2 nitrogen and oxygen atoms in total. The average Bonchev–Trinajstić information content (AvgIpc) is 2.93. The smallest absolute Gasteiger partial charge is 0.196 e. The average molecular weight is 259 g/mol. The molecule has 0 spiro atoms. The summed E-state index contributed by atoms with van der Waals surface area (Å²) in [4.78, 5) is 0. The van der Waals surface area contributed by atoms with Crippen molar-refractivity contribution in [1.29, 1.82) is 0 Å². The Hall–Kier alpha value is -2.42. The molecule has 0 fully saturated rings. The van der Waals surface area contributed by atoms with Crippen LogP contribution in [0.1, 0.15) is 11.8 Å². The summed E-state index contributed by atoms with van der Waals surface area (Å²) < 4.78 is 6.15. The van der Waals surface area contributed by atoms with Crippen molar-refractivity contribution in [2.75, 3.05) is 5.32 Å². The maximum Gasteiger partial charge on any atom is 0.196 e. The van der Waals surface area contributed by atoms with Gasteiger partial charge >= 0.3 is 0 Å². The van der Waals surface area contributed by atoms with Gasteiger partial charge in [0.15, 0.2) is 12.0 Å². The van der Waals surface area contributed by atoms with E-state index in [1.165, 1.54) is 16.2 Å². The lowest BCUT2D eigenvalue weighted by molar-refractivity contribution is 0.262. The van der Waals surface area contributed by atoms with Crippen molar-refractivity contribution in [3.05, 3.63) is 66.2 Å². The van der Waals surface area contributed by atoms with Crippen LogP contribution in [0.3, 0.4) is 0 Å². The van der Waals surface area contributed by atoms with Crippen molar-refractivity contribution in [3.63, 3.8) is 0 Å². The zero-order valence-electron chi connectivity index (χ0n) is 11.3. The molecule has 0 bridgehead atoms. The van der Waals surface area contributed by atoms with Gasteiger partial charge in [0.1, 0.15) is 7.85 Å². The maximum atomic E-state index is 6.15. The Morgan fingerprint density at radius 3 is 2.60 bits per heavy atom. The molecule has 3 aromatic carbocycles. The third-order valence-electron chi connectivity index (χ3n) is 3.75. The van der Waals surface area contributed by atoms with Crippen LogP contribution >= 0.6 is 0 Å². The summed E-state index contributed by atoms with van der Waals surface area (Å²) in [6.45, 7) is 0. The Bertz CT molecular complexity index is 786. The zero-order valence-corrected chi connectivity index (χ0v) is 11.3. The quantitative estimate of drug-likeness (QED) is 0.678. The molecule has 0 radical (unpaired) electrons. The number of nitrogens with one attached hydrogen (secondary N) is 1. The molecule has 1 aliphatic rings. The van der Waals surface area contributed by atoms with Gasteiger partial charge in [-0.3, -0.25) is 0 Å². The van der Waals surface area contributed by atoms with Crippen molar-refractivity contribution in [1.82, 2.24) is 0 Å². The Labute approximate surface area is 118 Å². The summed E-state index contributed by atoms with van der Waals surface area (Å²) in [6, 6.07) is 20.9. The lowest BCUT2D eigenvalue weighted by Crippen LogP contribution is -2.09. The Morgan fingerprint density at radius 2 is 1.75 bits per heavy atom. The van der Waals surface area contributed by atoms with Crippen molar-refractivity contribution in [2.24, 2.45) is 0 Å². The number of rotatable bonds is 1. The summed E-state index contributed by atoms with van der Waals surface area (Å²) in [7, 11) is 2.11. The van der Waals surface area contributed by atoms with Gasteiger partial charge in [-0.2, -0.15) is 0 Å². The van der Waals surface area contributed by atoms with Crippen LogP contribution in [0.5, 0.6) is 5.75 Å². The highest BCUT2D eigenvalue weighted by Crippen LogP contribution is 2.42. The normalized spacial score (nSPS) is 16.5.